The van der Waals surface area contributed by atoms with Gasteiger partial charge in [0.15, 0.2) is 5.82 Å². The Hall–Kier alpha value is -3.43. The molecule has 0 unspecified atom stereocenters. The van der Waals surface area contributed by atoms with Crippen LogP contribution < -0.4 is 5.32 Å². The Balaban J connectivity index is 2.02. The van der Waals surface area contributed by atoms with Gasteiger partial charge in [0.25, 0.3) is 0 Å². The predicted molar refractivity (Wildman–Crippen MR) is 94.3 cm³/mol. The number of benzene rings is 1. The first-order valence-electron chi connectivity index (χ1n) is 8.29. The Morgan fingerprint density at radius 2 is 2.07 bits per heavy atom. The molecule has 1 aromatic carbocycles. The number of rotatable bonds is 4. The van der Waals surface area contributed by atoms with E-state index in [0.29, 0.717) is 29.0 Å². The summed E-state index contributed by atoms with van der Waals surface area (Å²) in [6.45, 7) is 1.59. The molecule has 0 radical (unpaired) electrons. The van der Waals surface area contributed by atoms with Crippen molar-refractivity contribution in [1.29, 1.82) is 0 Å². The van der Waals surface area contributed by atoms with Crippen molar-refractivity contribution in [2.24, 2.45) is 0 Å². The molecule has 2 N–H and O–H groups in total. The maximum absolute atomic E-state index is 14.9. The summed E-state index contributed by atoms with van der Waals surface area (Å²) in [5.41, 5.74) is -0.447. The minimum Gasteiger partial charge on any atom is -0.312 e. The lowest BCUT2D eigenvalue weighted by atomic mass is 9.92. The van der Waals surface area contributed by atoms with E-state index in [1.807, 2.05) is 0 Å². The van der Waals surface area contributed by atoms with Gasteiger partial charge in [-0.2, -0.15) is 18.3 Å². The third-order valence-electron chi connectivity index (χ3n) is 4.53. The fraction of sp³-hybridized carbons (Fsp3) is 0.167. The van der Waals surface area contributed by atoms with E-state index in [9.17, 15) is 22.4 Å². The summed E-state index contributed by atoms with van der Waals surface area (Å²) in [6.07, 6.45) is 0.109. The number of nitrogens with zero attached hydrogens (tertiary/aromatic N) is 3. The van der Waals surface area contributed by atoms with E-state index in [4.69, 9.17) is 0 Å². The van der Waals surface area contributed by atoms with Crippen LogP contribution in [0.5, 0.6) is 0 Å². The molecular weight excluding hydrogens is 378 g/mol. The number of nitrogens with one attached hydrogen (secondary N) is 2. The molecule has 3 heterocycles. The highest BCUT2D eigenvalue weighted by Crippen LogP contribution is 2.42. The van der Waals surface area contributed by atoms with Crippen molar-refractivity contribution in [1.82, 2.24) is 19.6 Å². The molecule has 0 atom stereocenters. The zero-order valence-electron chi connectivity index (χ0n) is 14.4. The second-order valence-corrected chi connectivity index (χ2v) is 6.12. The van der Waals surface area contributed by atoms with Gasteiger partial charge in [0.1, 0.15) is 17.0 Å². The largest absolute Gasteiger partial charge is 0.421 e. The fourth-order valence-corrected chi connectivity index (χ4v) is 3.40. The van der Waals surface area contributed by atoms with Gasteiger partial charge in [0.2, 0.25) is 6.41 Å². The number of carbonyl (C=O) groups is 1. The molecule has 4 rings (SSSR count). The normalized spacial score (nSPS) is 12.0. The Morgan fingerprint density at radius 1 is 1.29 bits per heavy atom. The monoisotopic (exact) mass is 391 g/mol. The number of fused-ring (bicyclic) bond motifs is 2. The lowest BCUT2D eigenvalue weighted by Gasteiger charge is -2.17. The van der Waals surface area contributed by atoms with Crippen LogP contribution >= 0.6 is 0 Å². The number of aromatic amines is 1. The van der Waals surface area contributed by atoms with Crippen molar-refractivity contribution in [3.63, 3.8) is 0 Å². The molecule has 0 aliphatic rings. The van der Waals surface area contributed by atoms with Crippen LogP contribution in [-0.4, -0.2) is 26.0 Å². The number of alkyl halides is 3. The van der Waals surface area contributed by atoms with Gasteiger partial charge >= 0.3 is 6.18 Å². The number of halogens is 4. The Morgan fingerprint density at radius 3 is 2.75 bits per heavy atom. The van der Waals surface area contributed by atoms with Crippen LogP contribution in [0.4, 0.5) is 23.4 Å². The van der Waals surface area contributed by atoms with Gasteiger partial charge in [-0.1, -0.05) is 6.92 Å². The molecule has 0 aliphatic carbocycles. The highest BCUT2D eigenvalue weighted by molar-refractivity contribution is 5.98. The van der Waals surface area contributed by atoms with E-state index in [2.05, 4.69) is 20.5 Å². The van der Waals surface area contributed by atoms with Crippen LogP contribution in [0, 0.1) is 5.82 Å². The quantitative estimate of drug-likeness (QED) is 0.405. The summed E-state index contributed by atoms with van der Waals surface area (Å²) >= 11 is 0. The number of amides is 1. The van der Waals surface area contributed by atoms with Crippen LogP contribution in [0.2, 0.25) is 0 Å². The third-order valence-corrected chi connectivity index (χ3v) is 4.53. The number of imidazole rings is 1. The van der Waals surface area contributed by atoms with E-state index in [1.165, 1.54) is 6.20 Å². The molecule has 6 nitrogen and oxygen atoms in total. The topological polar surface area (TPSA) is 75.1 Å². The Kier molecular flexibility index (Phi) is 4.06. The molecule has 10 heteroatoms. The highest BCUT2D eigenvalue weighted by atomic mass is 19.4. The second-order valence-electron chi connectivity index (χ2n) is 6.12. The molecule has 4 aromatic rings. The van der Waals surface area contributed by atoms with Crippen molar-refractivity contribution in [3.8, 4) is 11.1 Å². The molecule has 144 valence electrons. The Labute approximate surface area is 155 Å². The third kappa shape index (κ3) is 2.68. The summed E-state index contributed by atoms with van der Waals surface area (Å²) in [6, 6.07) is 3.27. The van der Waals surface area contributed by atoms with E-state index in [1.54, 1.807) is 35.9 Å². The first-order chi connectivity index (χ1) is 13.3. The number of carbonyl (C=O) groups excluding carboxylic acids is 1. The van der Waals surface area contributed by atoms with Gasteiger partial charge < -0.3 is 9.72 Å². The standard InChI is InChI=1S/C18H13F4N5O/c1-2-10-14(9-3-4-13-25-12(23-8-28)7-27(13)6-9)11-5-24-26-17(11)15(16(10)19)18(20,21)22/h3-8H,2H2,1H3,(H,23,28)(H,24,26). The molecule has 1 amide bonds. The maximum Gasteiger partial charge on any atom is 0.421 e. The molecule has 0 fully saturated rings. The van der Waals surface area contributed by atoms with Gasteiger partial charge in [-0.3, -0.25) is 9.89 Å². The van der Waals surface area contributed by atoms with E-state index in [-0.39, 0.29) is 17.4 Å². The summed E-state index contributed by atoms with van der Waals surface area (Å²) < 4.78 is 56.9. The molecule has 3 aromatic heterocycles. The van der Waals surface area contributed by atoms with Crippen LogP contribution in [0.15, 0.2) is 30.7 Å². The zero-order chi connectivity index (χ0) is 20.1. The summed E-state index contributed by atoms with van der Waals surface area (Å²) in [5.74, 6) is -0.995. The second kappa shape index (κ2) is 6.32. The minimum atomic E-state index is -4.86. The number of aromatic nitrogens is 4. The number of hydrogen-bond acceptors (Lipinski definition) is 3. The average molecular weight is 391 g/mol. The average Bonchev–Trinajstić information content (AvgIpc) is 3.25. The van der Waals surface area contributed by atoms with Gasteiger partial charge in [-0.25, -0.2) is 9.37 Å². The smallest absolute Gasteiger partial charge is 0.312 e. The van der Waals surface area contributed by atoms with E-state index in [0.717, 1.165) is 0 Å². The van der Waals surface area contributed by atoms with Gasteiger partial charge in [0.05, 0.1) is 17.9 Å². The van der Waals surface area contributed by atoms with Gasteiger partial charge in [0, 0.05) is 17.1 Å². The van der Waals surface area contributed by atoms with Crippen molar-refractivity contribution < 1.29 is 22.4 Å². The lowest BCUT2D eigenvalue weighted by molar-refractivity contribution is -0.138. The number of hydrogen-bond donors (Lipinski definition) is 2. The highest BCUT2D eigenvalue weighted by Gasteiger charge is 2.39. The predicted octanol–water partition coefficient (Wildman–Crippen LogP) is 4.17. The van der Waals surface area contributed by atoms with Crippen LogP contribution in [0.1, 0.15) is 18.1 Å². The molecule has 0 bridgehead atoms. The van der Waals surface area contributed by atoms with Crippen molar-refractivity contribution in [3.05, 3.63) is 47.7 Å². The summed E-state index contributed by atoms with van der Waals surface area (Å²) in [7, 11) is 0. The SMILES string of the molecule is CCc1c(F)c(C(F)(F)F)c2[nH]ncc2c1-c1ccc2nc(NC=O)cn2c1. The molecule has 0 saturated carbocycles. The minimum absolute atomic E-state index is 0.0491. The molecular formula is C18H13F4N5O. The van der Waals surface area contributed by atoms with Gasteiger partial charge in [-0.05, 0) is 29.7 Å². The lowest BCUT2D eigenvalue weighted by Crippen LogP contribution is -2.12. The van der Waals surface area contributed by atoms with Crippen molar-refractivity contribution in [2.45, 2.75) is 19.5 Å². The fourth-order valence-electron chi connectivity index (χ4n) is 3.40. The zero-order valence-corrected chi connectivity index (χ0v) is 14.4. The molecule has 0 spiro atoms. The van der Waals surface area contributed by atoms with Crippen LogP contribution in [0.3, 0.4) is 0 Å². The number of anilines is 1. The number of pyridine rings is 1. The first kappa shape index (κ1) is 18.0. The van der Waals surface area contributed by atoms with Crippen molar-refractivity contribution in [2.75, 3.05) is 5.32 Å². The van der Waals surface area contributed by atoms with E-state index < -0.39 is 23.1 Å². The maximum atomic E-state index is 14.9. The van der Waals surface area contributed by atoms with Gasteiger partial charge in [-0.15, -0.1) is 0 Å². The first-order valence-corrected chi connectivity index (χ1v) is 8.29. The van der Waals surface area contributed by atoms with Crippen molar-refractivity contribution >= 4 is 28.8 Å². The Bertz CT molecular complexity index is 1210. The summed E-state index contributed by atoms with van der Waals surface area (Å²) in [5, 5.41) is 8.59. The molecule has 0 aliphatic heterocycles. The van der Waals surface area contributed by atoms with Crippen LogP contribution in [0.25, 0.3) is 27.7 Å². The molecule has 0 saturated heterocycles. The summed E-state index contributed by atoms with van der Waals surface area (Å²) in [4.78, 5) is 14.8. The van der Waals surface area contributed by atoms with E-state index >= 15 is 0 Å². The van der Waals surface area contributed by atoms with Crippen LogP contribution in [-0.2, 0) is 17.4 Å². The number of H-pyrrole nitrogens is 1. The molecule has 28 heavy (non-hydrogen) atoms.